The molecule has 2 aromatic heterocycles. The van der Waals surface area contributed by atoms with Gasteiger partial charge in [0.1, 0.15) is 5.82 Å². The maximum atomic E-state index is 9.46. The van der Waals surface area contributed by atoms with Gasteiger partial charge in [0.15, 0.2) is 5.82 Å². The summed E-state index contributed by atoms with van der Waals surface area (Å²) in [5.41, 5.74) is 2.43. The van der Waals surface area contributed by atoms with Crippen molar-refractivity contribution in [1.29, 1.82) is 0 Å². The van der Waals surface area contributed by atoms with Crippen LogP contribution in [0.3, 0.4) is 0 Å². The van der Waals surface area contributed by atoms with Crippen LogP contribution < -0.4 is 0 Å². The molecule has 0 saturated heterocycles. The average Bonchev–Trinajstić information content (AvgIpc) is 3.21. The standard InChI is InChI=1S/C19H24N4OS/c1-14-7-4-5-9-16(14)18(22(2)3)19-20-17(21-23(19)10-11-24)13-15-8-6-12-25-15/h4-9,12,18,24H,10-11,13H2,1-3H3. The number of benzene rings is 1. The smallest absolute Gasteiger partial charge is 0.156 e. The Bertz CT molecular complexity index is 811. The van der Waals surface area contributed by atoms with Crippen LogP contribution in [0.15, 0.2) is 41.8 Å². The van der Waals surface area contributed by atoms with Gasteiger partial charge in [0.2, 0.25) is 0 Å². The number of hydrogen-bond acceptors (Lipinski definition) is 5. The number of thiophene rings is 1. The minimum absolute atomic E-state index is 0.00247. The van der Waals surface area contributed by atoms with Crippen molar-refractivity contribution in [2.24, 2.45) is 0 Å². The van der Waals surface area contributed by atoms with Crippen molar-refractivity contribution in [3.8, 4) is 0 Å². The van der Waals surface area contributed by atoms with Crippen LogP contribution in [0, 0.1) is 6.92 Å². The zero-order valence-electron chi connectivity index (χ0n) is 14.9. The van der Waals surface area contributed by atoms with Gasteiger partial charge in [-0.25, -0.2) is 9.67 Å². The second-order valence-electron chi connectivity index (χ2n) is 6.31. The van der Waals surface area contributed by atoms with Gasteiger partial charge in [0, 0.05) is 11.3 Å². The fraction of sp³-hybridized carbons (Fsp3) is 0.368. The monoisotopic (exact) mass is 356 g/mol. The van der Waals surface area contributed by atoms with E-state index in [9.17, 15) is 5.11 Å². The molecule has 0 aliphatic heterocycles. The van der Waals surface area contributed by atoms with Crippen LogP contribution in [-0.4, -0.2) is 45.5 Å². The SMILES string of the molecule is Cc1ccccc1C(c1nc(Cc2cccs2)nn1CCO)N(C)C. The highest BCUT2D eigenvalue weighted by molar-refractivity contribution is 7.09. The van der Waals surface area contributed by atoms with E-state index in [1.807, 2.05) is 30.9 Å². The predicted octanol–water partition coefficient (Wildman–Crippen LogP) is 2.88. The van der Waals surface area contributed by atoms with E-state index >= 15 is 0 Å². The van der Waals surface area contributed by atoms with Crippen LogP contribution in [0.1, 0.15) is 33.7 Å². The first-order valence-corrected chi connectivity index (χ1v) is 9.27. The highest BCUT2D eigenvalue weighted by atomic mass is 32.1. The van der Waals surface area contributed by atoms with E-state index in [0.29, 0.717) is 6.54 Å². The second kappa shape index (κ2) is 7.91. The Morgan fingerprint density at radius 3 is 2.64 bits per heavy atom. The lowest BCUT2D eigenvalue weighted by molar-refractivity contribution is 0.256. The molecular formula is C19H24N4OS. The minimum atomic E-state index is -0.00247. The summed E-state index contributed by atoms with van der Waals surface area (Å²) >= 11 is 1.71. The van der Waals surface area contributed by atoms with Gasteiger partial charge >= 0.3 is 0 Å². The second-order valence-corrected chi connectivity index (χ2v) is 7.34. The molecular weight excluding hydrogens is 332 g/mol. The molecule has 5 nitrogen and oxygen atoms in total. The molecule has 1 atom stereocenters. The van der Waals surface area contributed by atoms with E-state index in [0.717, 1.165) is 18.1 Å². The van der Waals surface area contributed by atoms with Crippen molar-refractivity contribution in [2.45, 2.75) is 25.9 Å². The van der Waals surface area contributed by atoms with Crippen molar-refractivity contribution >= 4 is 11.3 Å². The summed E-state index contributed by atoms with van der Waals surface area (Å²) in [6.07, 6.45) is 0.719. The Morgan fingerprint density at radius 1 is 1.20 bits per heavy atom. The van der Waals surface area contributed by atoms with Crippen LogP contribution in [-0.2, 0) is 13.0 Å². The molecule has 6 heteroatoms. The molecule has 1 aromatic carbocycles. The average molecular weight is 356 g/mol. The number of hydrogen-bond donors (Lipinski definition) is 1. The van der Waals surface area contributed by atoms with Gasteiger partial charge in [-0.05, 0) is 43.6 Å². The van der Waals surface area contributed by atoms with Crippen molar-refractivity contribution in [2.75, 3.05) is 20.7 Å². The fourth-order valence-electron chi connectivity index (χ4n) is 3.05. The molecule has 2 heterocycles. The molecule has 0 amide bonds. The Balaban J connectivity index is 2.02. The fourth-order valence-corrected chi connectivity index (χ4v) is 3.75. The molecule has 0 aliphatic rings. The minimum Gasteiger partial charge on any atom is -0.394 e. The van der Waals surface area contributed by atoms with Gasteiger partial charge in [-0.15, -0.1) is 11.3 Å². The summed E-state index contributed by atoms with van der Waals surface area (Å²) in [6, 6.07) is 12.5. The third kappa shape index (κ3) is 3.98. The summed E-state index contributed by atoms with van der Waals surface area (Å²) in [4.78, 5) is 8.24. The molecule has 0 radical (unpaired) electrons. The first-order valence-electron chi connectivity index (χ1n) is 8.39. The van der Waals surface area contributed by atoms with E-state index in [1.54, 1.807) is 11.3 Å². The number of aryl methyl sites for hydroxylation is 1. The Morgan fingerprint density at radius 2 is 2.00 bits per heavy atom. The molecule has 3 aromatic rings. The van der Waals surface area contributed by atoms with Crippen LogP contribution in [0.4, 0.5) is 0 Å². The Hall–Kier alpha value is -2.02. The van der Waals surface area contributed by atoms with Crippen molar-refractivity contribution in [1.82, 2.24) is 19.7 Å². The quantitative estimate of drug-likeness (QED) is 0.707. The van der Waals surface area contributed by atoms with E-state index in [-0.39, 0.29) is 12.6 Å². The van der Waals surface area contributed by atoms with Gasteiger partial charge in [-0.1, -0.05) is 30.3 Å². The lowest BCUT2D eigenvalue weighted by atomic mass is 10.00. The maximum Gasteiger partial charge on any atom is 0.156 e. The summed E-state index contributed by atoms with van der Waals surface area (Å²) in [6.45, 7) is 2.61. The van der Waals surface area contributed by atoms with Gasteiger partial charge in [0.25, 0.3) is 0 Å². The summed E-state index contributed by atoms with van der Waals surface area (Å²) < 4.78 is 1.85. The first-order chi connectivity index (χ1) is 12.1. The van der Waals surface area contributed by atoms with Gasteiger partial charge < -0.3 is 5.11 Å². The third-order valence-electron chi connectivity index (χ3n) is 4.21. The third-order valence-corrected chi connectivity index (χ3v) is 5.09. The zero-order valence-corrected chi connectivity index (χ0v) is 15.7. The Kier molecular flexibility index (Phi) is 5.63. The van der Waals surface area contributed by atoms with Crippen LogP contribution in [0.25, 0.3) is 0 Å². The molecule has 1 unspecified atom stereocenters. The number of aliphatic hydroxyl groups excluding tert-OH is 1. The number of aliphatic hydroxyl groups is 1. The number of rotatable bonds is 7. The molecule has 25 heavy (non-hydrogen) atoms. The molecule has 0 aliphatic carbocycles. The van der Waals surface area contributed by atoms with Crippen LogP contribution >= 0.6 is 11.3 Å². The maximum absolute atomic E-state index is 9.46. The lowest BCUT2D eigenvalue weighted by Crippen LogP contribution is -2.26. The molecule has 0 bridgehead atoms. The highest BCUT2D eigenvalue weighted by Gasteiger charge is 2.25. The Labute approximate surface area is 152 Å². The largest absolute Gasteiger partial charge is 0.394 e. The molecule has 1 N–H and O–H groups in total. The highest BCUT2D eigenvalue weighted by Crippen LogP contribution is 2.28. The number of aromatic nitrogens is 3. The predicted molar refractivity (Wildman–Crippen MR) is 101 cm³/mol. The van der Waals surface area contributed by atoms with E-state index in [1.165, 1.54) is 16.0 Å². The van der Waals surface area contributed by atoms with Gasteiger partial charge in [0.05, 0.1) is 19.2 Å². The molecule has 0 spiro atoms. The van der Waals surface area contributed by atoms with Crippen molar-refractivity contribution in [3.63, 3.8) is 0 Å². The summed E-state index contributed by atoms with van der Waals surface area (Å²) in [5.74, 6) is 1.67. The molecule has 132 valence electrons. The van der Waals surface area contributed by atoms with E-state index in [4.69, 9.17) is 4.98 Å². The molecule has 0 saturated carbocycles. The normalized spacial score (nSPS) is 12.7. The van der Waals surface area contributed by atoms with Gasteiger partial charge in [-0.3, -0.25) is 4.90 Å². The van der Waals surface area contributed by atoms with E-state index < -0.39 is 0 Å². The molecule has 3 rings (SSSR count). The summed E-state index contributed by atoms with van der Waals surface area (Å²) in [5, 5.41) is 16.2. The van der Waals surface area contributed by atoms with Crippen LogP contribution in [0.5, 0.6) is 0 Å². The van der Waals surface area contributed by atoms with Gasteiger partial charge in [-0.2, -0.15) is 5.10 Å². The van der Waals surface area contributed by atoms with Crippen LogP contribution in [0.2, 0.25) is 0 Å². The van der Waals surface area contributed by atoms with E-state index in [2.05, 4.69) is 46.6 Å². The summed E-state index contributed by atoms with van der Waals surface area (Å²) in [7, 11) is 4.10. The van der Waals surface area contributed by atoms with Crippen molar-refractivity contribution < 1.29 is 5.11 Å². The number of nitrogens with zero attached hydrogens (tertiary/aromatic N) is 4. The zero-order chi connectivity index (χ0) is 17.8. The first kappa shape index (κ1) is 17.8. The topological polar surface area (TPSA) is 54.2 Å². The van der Waals surface area contributed by atoms with Crippen molar-refractivity contribution in [3.05, 3.63) is 69.4 Å². The molecule has 0 fully saturated rings. The lowest BCUT2D eigenvalue weighted by Gasteiger charge is -2.25.